The molecular formula is C9H9FN2O2. The van der Waals surface area contributed by atoms with Crippen molar-refractivity contribution < 1.29 is 14.0 Å². The molecule has 1 aromatic carbocycles. The van der Waals surface area contributed by atoms with Crippen LogP contribution >= 0.6 is 0 Å². The van der Waals surface area contributed by atoms with E-state index in [1.165, 1.54) is 25.1 Å². The van der Waals surface area contributed by atoms with Crippen LogP contribution in [0.1, 0.15) is 15.9 Å². The molecule has 0 aromatic heterocycles. The van der Waals surface area contributed by atoms with Crippen LogP contribution in [-0.4, -0.2) is 11.9 Å². The number of carbonyl (C=O) groups is 2. The van der Waals surface area contributed by atoms with Gasteiger partial charge in [0.15, 0.2) is 0 Å². The predicted molar refractivity (Wildman–Crippen MR) is 48.2 cm³/mol. The maximum Gasteiger partial charge on any atom is 0.319 e. The lowest BCUT2D eigenvalue weighted by Gasteiger charge is -2.03. The van der Waals surface area contributed by atoms with E-state index in [9.17, 15) is 14.0 Å². The molecule has 0 bridgehead atoms. The Morgan fingerprint density at radius 1 is 1.43 bits per heavy atom. The molecule has 0 atom stereocenters. The minimum absolute atomic E-state index is 0.191. The Labute approximate surface area is 79.9 Å². The number of aryl methyl sites for hydroxylation is 1. The fourth-order valence-electron chi connectivity index (χ4n) is 1.00. The van der Waals surface area contributed by atoms with E-state index in [0.29, 0.717) is 5.56 Å². The third-order valence-corrected chi connectivity index (χ3v) is 1.67. The van der Waals surface area contributed by atoms with Gasteiger partial charge in [-0.2, -0.15) is 0 Å². The number of benzene rings is 1. The zero-order valence-corrected chi connectivity index (χ0v) is 7.50. The molecule has 0 radical (unpaired) electrons. The lowest BCUT2D eigenvalue weighted by Crippen LogP contribution is -2.35. The zero-order chi connectivity index (χ0) is 10.7. The summed E-state index contributed by atoms with van der Waals surface area (Å²) in [7, 11) is 0. The molecule has 0 fully saturated rings. The molecule has 0 saturated heterocycles. The molecule has 0 saturated carbocycles. The summed E-state index contributed by atoms with van der Waals surface area (Å²) in [5.41, 5.74) is 4.87. The summed E-state index contributed by atoms with van der Waals surface area (Å²) in [6.07, 6.45) is 0. The van der Waals surface area contributed by atoms with Gasteiger partial charge in [0.2, 0.25) is 0 Å². The number of carbonyl (C=O) groups excluding carboxylic acids is 2. The summed E-state index contributed by atoms with van der Waals surface area (Å²) < 4.78 is 13.3. The van der Waals surface area contributed by atoms with Crippen molar-refractivity contribution in [2.45, 2.75) is 6.92 Å². The summed E-state index contributed by atoms with van der Waals surface area (Å²) in [5, 5.41) is 1.79. The molecule has 14 heavy (non-hydrogen) atoms. The first-order valence-corrected chi connectivity index (χ1v) is 3.88. The highest BCUT2D eigenvalue weighted by Crippen LogP contribution is 2.11. The van der Waals surface area contributed by atoms with Gasteiger partial charge in [-0.15, -0.1) is 0 Å². The molecule has 74 valence electrons. The van der Waals surface area contributed by atoms with Crippen LogP contribution in [0.5, 0.6) is 0 Å². The Kier molecular flexibility index (Phi) is 2.81. The number of halogens is 1. The Balaban J connectivity index is 3.01. The first-order chi connectivity index (χ1) is 6.52. The molecule has 0 aliphatic carbocycles. The largest absolute Gasteiger partial charge is 0.351 e. The number of nitrogens with one attached hydrogen (secondary N) is 1. The van der Waals surface area contributed by atoms with Gasteiger partial charge < -0.3 is 5.73 Å². The topological polar surface area (TPSA) is 72.2 Å². The Hall–Kier alpha value is -1.91. The minimum Gasteiger partial charge on any atom is -0.351 e. The third-order valence-electron chi connectivity index (χ3n) is 1.67. The smallest absolute Gasteiger partial charge is 0.319 e. The van der Waals surface area contributed by atoms with Crippen LogP contribution in [0.2, 0.25) is 0 Å². The van der Waals surface area contributed by atoms with Crippen molar-refractivity contribution in [3.05, 3.63) is 35.1 Å². The van der Waals surface area contributed by atoms with Crippen LogP contribution in [0.4, 0.5) is 9.18 Å². The summed E-state index contributed by atoms with van der Waals surface area (Å²) in [4.78, 5) is 21.5. The number of hydrogen-bond donors (Lipinski definition) is 2. The Morgan fingerprint density at radius 2 is 2.07 bits per heavy atom. The summed E-state index contributed by atoms with van der Waals surface area (Å²) in [6.45, 7) is 1.52. The van der Waals surface area contributed by atoms with Crippen LogP contribution in [0.25, 0.3) is 0 Å². The van der Waals surface area contributed by atoms with Gasteiger partial charge in [-0.3, -0.25) is 10.1 Å². The van der Waals surface area contributed by atoms with Gasteiger partial charge in [0, 0.05) is 0 Å². The molecule has 0 unspecified atom stereocenters. The molecule has 0 heterocycles. The minimum atomic E-state index is -1.00. The summed E-state index contributed by atoms with van der Waals surface area (Å²) in [6, 6.07) is 3.32. The van der Waals surface area contributed by atoms with Gasteiger partial charge in [-0.25, -0.2) is 9.18 Å². The van der Waals surface area contributed by atoms with E-state index >= 15 is 0 Å². The zero-order valence-electron chi connectivity index (χ0n) is 7.50. The van der Waals surface area contributed by atoms with Crippen molar-refractivity contribution in [3.8, 4) is 0 Å². The average molecular weight is 196 g/mol. The average Bonchev–Trinajstić information content (AvgIpc) is 2.08. The second-order valence-electron chi connectivity index (χ2n) is 2.75. The molecule has 0 spiro atoms. The maximum atomic E-state index is 13.3. The lowest BCUT2D eigenvalue weighted by molar-refractivity contribution is 0.0962. The first kappa shape index (κ1) is 10.2. The number of imide groups is 1. The third kappa shape index (κ3) is 2.07. The van der Waals surface area contributed by atoms with Crippen molar-refractivity contribution >= 4 is 11.9 Å². The number of nitrogens with two attached hydrogens (primary N) is 1. The molecule has 1 rings (SSSR count). The van der Waals surface area contributed by atoms with Crippen LogP contribution in [-0.2, 0) is 0 Å². The molecule has 0 aliphatic rings. The fraction of sp³-hybridized carbons (Fsp3) is 0.111. The van der Waals surface area contributed by atoms with E-state index < -0.39 is 17.8 Å². The summed E-state index contributed by atoms with van der Waals surface area (Å²) >= 11 is 0. The van der Waals surface area contributed by atoms with Crippen molar-refractivity contribution in [3.63, 3.8) is 0 Å². The predicted octanol–water partition coefficient (Wildman–Crippen LogP) is 0.943. The molecule has 3 amide bonds. The Bertz CT molecular complexity index is 390. The lowest BCUT2D eigenvalue weighted by atomic mass is 10.1. The number of primary amides is 1. The van der Waals surface area contributed by atoms with Crippen LogP contribution in [0.15, 0.2) is 18.2 Å². The number of hydrogen-bond acceptors (Lipinski definition) is 2. The van der Waals surface area contributed by atoms with Crippen molar-refractivity contribution in [1.82, 2.24) is 5.32 Å². The summed E-state index contributed by atoms with van der Waals surface area (Å²) in [5.74, 6) is -1.48. The quantitative estimate of drug-likeness (QED) is 0.701. The molecule has 0 aliphatic heterocycles. The van der Waals surface area contributed by atoms with E-state index in [0.717, 1.165) is 0 Å². The van der Waals surface area contributed by atoms with Crippen molar-refractivity contribution in [2.75, 3.05) is 0 Å². The van der Waals surface area contributed by atoms with E-state index in [1.54, 1.807) is 5.32 Å². The number of rotatable bonds is 1. The Morgan fingerprint density at radius 3 is 2.64 bits per heavy atom. The number of urea groups is 1. The van der Waals surface area contributed by atoms with E-state index in [1.807, 2.05) is 0 Å². The van der Waals surface area contributed by atoms with Crippen LogP contribution < -0.4 is 11.1 Å². The van der Waals surface area contributed by atoms with E-state index in [4.69, 9.17) is 5.73 Å². The van der Waals surface area contributed by atoms with Gasteiger partial charge in [0.1, 0.15) is 5.82 Å². The van der Waals surface area contributed by atoms with Gasteiger partial charge in [0.05, 0.1) is 5.56 Å². The van der Waals surface area contributed by atoms with Crippen molar-refractivity contribution in [2.24, 2.45) is 5.73 Å². The SMILES string of the molecule is Cc1cccc(C(=O)NC(N)=O)c1F. The normalized spacial score (nSPS) is 9.57. The molecule has 3 N–H and O–H groups in total. The van der Waals surface area contributed by atoms with Gasteiger partial charge >= 0.3 is 6.03 Å². The highest BCUT2D eigenvalue weighted by molar-refractivity contribution is 6.04. The number of amides is 3. The van der Waals surface area contributed by atoms with Crippen molar-refractivity contribution in [1.29, 1.82) is 0 Å². The van der Waals surface area contributed by atoms with Crippen LogP contribution in [0.3, 0.4) is 0 Å². The molecule has 5 heteroatoms. The van der Waals surface area contributed by atoms with Crippen LogP contribution in [0, 0.1) is 12.7 Å². The monoisotopic (exact) mass is 196 g/mol. The fourth-order valence-corrected chi connectivity index (χ4v) is 1.00. The van der Waals surface area contributed by atoms with Gasteiger partial charge in [-0.05, 0) is 18.6 Å². The second-order valence-corrected chi connectivity index (χ2v) is 2.75. The second kappa shape index (κ2) is 3.87. The molecule has 1 aromatic rings. The highest BCUT2D eigenvalue weighted by Gasteiger charge is 2.13. The molecular weight excluding hydrogens is 187 g/mol. The van der Waals surface area contributed by atoms with E-state index in [2.05, 4.69) is 0 Å². The molecule has 4 nitrogen and oxygen atoms in total. The van der Waals surface area contributed by atoms with Gasteiger partial charge in [0.25, 0.3) is 5.91 Å². The standard InChI is InChI=1S/C9H9FN2O2/c1-5-3-2-4-6(7(5)10)8(13)12-9(11)14/h2-4H,1H3,(H3,11,12,13,14). The van der Waals surface area contributed by atoms with Gasteiger partial charge in [-0.1, -0.05) is 12.1 Å². The van der Waals surface area contributed by atoms with E-state index in [-0.39, 0.29) is 5.56 Å². The first-order valence-electron chi connectivity index (χ1n) is 3.88. The maximum absolute atomic E-state index is 13.3. The highest BCUT2D eigenvalue weighted by atomic mass is 19.1.